The summed E-state index contributed by atoms with van der Waals surface area (Å²) < 4.78 is 19.3. The summed E-state index contributed by atoms with van der Waals surface area (Å²) >= 11 is 0. The van der Waals surface area contributed by atoms with Crippen molar-refractivity contribution in [2.45, 2.75) is 31.1 Å². The van der Waals surface area contributed by atoms with Crippen LogP contribution in [0.25, 0.3) is 0 Å². The monoisotopic (exact) mass is 343 g/mol. The maximum Gasteiger partial charge on any atom is 0.310 e. The number of carbonyl (C=O) groups excluding carboxylic acids is 1. The van der Waals surface area contributed by atoms with Gasteiger partial charge in [-0.1, -0.05) is 17.7 Å². The van der Waals surface area contributed by atoms with Crippen LogP contribution >= 0.6 is 0 Å². The zero-order chi connectivity index (χ0) is 17.9. The van der Waals surface area contributed by atoms with E-state index in [0.29, 0.717) is 12.1 Å². The number of carbonyl (C=O) groups is 2. The lowest BCUT2D eigenvalue weighted by atomic mass is 9.74. The molecule has 3 heterocycles. The van der Waals surface area contributed by atoms with Crippen molar-refractivity contribution in [2.24, 2.45) is 11.8 Å². The highest BCUT2D eigenvalue weighted by atomic mass is 19.1. The first-order valence-electron chi connectivity index (χ1n) is 8.18. The summed E-state index contributed by atoms with van der Waals surface area (Å²) in [5.41, 5.74) is 0.420. The Morgan fingerprint density at radius 3 is 2.68 bits per heavy atom. The Hall–Kier alpha value is -2.47. The zero-order valence-corrected chi connectivity index (χ0v) is 13.7. The molecule has 0 saturated carbocycles. The van der Waals surface area contributed by atoms with E-state index in [-0.39, 0.29) is 5.91 Å². The van der Waals surface area contributed by atoms with Crippen molar-refractivity contribution in [3.05, 3.63) is 54.4 Å². The van der Waals surface area contributed by atoms with E-state index in [2.05, 4.69) is 6.58 Å². The Kier molecular flexibility index (Phi) is 3.37. The molecular formula is C19H18FNO4. The maximum atomic E-state index is 13.3. The van der Waals surface area contributed by atoms with E-state index in [1.807, 2.05) is 13.0 Å². The third-order valence-corrected chi connectivity index (χ3v) is 5.35. The summed E-state index contributed by atoms with van der Waals surface area (Å²) in [6, 6.07) is 5.23. The van der Waals surface area contributed by atoms with Crippen LogP contribution in [0.5, 0.6) is 0 Å². The number of amides is 1. The fourth-order valence-electron chi connectivity index (χ4n) is 4.42. The van der Waals surface area contributed by atoms with Crippen LogP contribution in [0.2, 0.25) is 0 Å². The third-order valence-electron chi connectivity index (χ3n) is 5.35. The van der Waals surface area contributed by atoms with Crippen LogP contribution in [-0.2, 0) is 14.3 Å². The van der Waals surface area contributed by atoms with Gasteiger partial charge in [0.05, 0.1) is 18.1 Å². The Morgan fingerprint density at radius 1 is 1.40 bits per heavy atom. The lowest BCUT2D eigenvalue weighted by Gasteiger charge is -2.33. The van der Waals surface area contributed by atoms with Crippen LogP contribution in [-0.4, -0.2) is 34.7 Å². The Balaban J connectivity index is 1.84. The SMILES string of the molecule is C=C(C)C[C@@H]1N(c2ccc(F)cc2)C(=O)[C@H]2[C@@H](C(=O)O)[C@@H]3C=C[C@@]12O3. The maximum absolute atomic E-state index is 13.3. The summed E-state index contributed by atoms with van der Waals surface area (Å²) in [5, 5.41) is 9.61. The molecule has 25 heavy (non-hydrogen) atoms. The molecule has 0 aromatic heterocycles. The van der Waals surface area contributed by atoms with Crippen LogP contribution in [0.4, 0.5) is 10.1 Å². The number of ether oxygens (including phenoxy) is 1. The molecule has 1 spiro atoms. The third kappa shape index (κ3) is 2.10. The molecule has 6 heteroatoms. The highest BCUT2D eigenvalue weighted by Crippen LogP contribution is 2.56. The second kappa shape index (κ2) is 5.26. The van der Waals surface area contributed by atoms with E-state index in [4.69, 9.17) is 4.74 Å². The van der Waals surface area contributed by atoms with Gasteiger partial charge in [0.25, 0.3) is 0 Å². The van der Waals surface area contributed by atoms with Crippen molar-refractivity contribution in [1.82, 2.24) is 0 Å². The average molecular weight is 343 g/mol. The first kappa shape index (κ1) is 16.0. The van der Waals surface area contributed by atoms with Crippen LogP contribution in [0.3, 0.4) is 0 Å². The van der Waals surface area contributed by atoms with Crippen LogP contribution in [0.1, 0.15) is 13.3 Å². The van der Waals surface area contributed by atoms with E-state index < -0.39 is 41.4 Å². The van der Waals surface area contributed by atoms with E-state index in [9.17, 15) is 19.1 Å². The summed E-state index contributed by atoms with van der Waals surface area (Å²) in [6.07, 6.45) is 3.46. The highest BCUT2D eigenvalue weighted by molar-refractivity contribution is 6.03. The van der Waals surface area contributed by atoms with Crippen molar-refractivity contribution in [1.29, 1.82) is 0 Å². The number of carboxylic acids is 1. The fraction of sp³-hybridized carbons (Fsp3) is 0.368. The lowest BCUT2D eigenvalue weighted by Crippen LogP contribution is -2.45. The summed E-state index contributed by atoms with van der Waals surface area (Å²) in [5.74, 6) is -3.42. The van der Waals surface area contributed by atoms with Gasteiger partial charge in [-0.15, -0.1) is 6.58 Å². The van der Waals surface area contributed by atoms with Crippen molar-refractivity contribution < 1.29 is 23.8 Å². The number of aliphatic carboxylic acids is 1. The number of rotatable bonds is 4. The standard InChI is InChI=1S/C19H18FNO4/c1-10(2)9-14-19-8-7-13(25-19)15(18(23)24)16(19)17(22)21(14)12-5-3-11(20)4-6-12/h3-8,13-16H,1,9H2,2H3,(H,23,24)/t13-,14-,15-,16+,19+/m0/s1. The molecule has 0 unspecified atom stereocenters. The molecule has 130 valence electrons. The van der Waals surface area contributed by atoms with Gasteiger partial charge in [0.2, 0.25) is 5.91 Å². The number of benzene rings is 1. The predicted molar refractivity (Wildman–Crippen MR) is 88.5 cm³/mol. The Bertz CT molecular complexity index is 802. The minimum Gasteiger partial charge on any atom is -0.481 e. The van der Waals surface area contributed by atoms with Gasteiger partial charge in [0, 0.05) is 5.69 Å². The second-order valence-electron chi connectivity index (χ2n) is 7.00. The van der Waals surface area contributed by atoms with E-state index >= 15 is 0 Å². The molecule has 3 aliphatic rings. The first-order chi connectivity index (χ1) is 11.8. The Labute approximate surface area is 144 Å². The molecule has 5 nitrogen and oxygen atoms in total. The van der Waals surface area contributed by atoms with E-state index in [1.54, 1.807) is 11.0 Å². The molecule has 2 fully saturated rings. The number of hydrogen-bond donors (Lipinski definition) is 1. The smallest absolute Gasteiger partial charge is 0.310 e. The van der Waals surface area contributed by atoms with Gasteiger partial charge in [-0.05, 0) is 37.6 Å². The van der Waals surface area contributed by atoms with Gasteiger partial charge in [-0.3, -0.25) is 9.59 Å². The highest BCUT2D eigenvalue weighted by Gasteiger charge is 2.71. The van der Waals surface area contributed by atoms with Crippen molar-refractivity contribution in [3.8, 4) is 0 Å². The second-order valence-corrected chi connectivity index (χ2v) is 7.00. The van der Waals surface area contributed by atoms with E-state index in [1.165, 1.54) is 24.3 Å². The molecule has 1 N–H and O–H groups in total. The van der Waals surface area contributed by atoms with Crippen molar-refractivity contribution >= 4 is 17.6 Å². The van der Waals surface area contributed by atoms with Gasteiger partial charge in [0.15, 0.2) is 0 Å². The topological polar surface area (TPSA) is 66.8 Å². The number of anilines is 1. The summed E-state index contributed by atoms with van der Waals surface area (Å²) in [4.78, 5) is 26.5. The molecular weight excluding hydrogens is 325 g/mol. The zero-order valence-electron chi connectivity index (χ0n) is 13.7. The molecule has 1 amide bonds. The molecule has 0 radical (unpaired) electrons. The molecule has 0 aliphatic carbocycles. The normalized spacial score (nSPS) is 35.3. The van der Waals surface area contributed by atoms with Crippen LogP contribution < -0.4 is 4.90 Å². The summed E-state index contributed by atoms with van der Waals surface area (Å²) in [7, 11) is 0. The van der Waals surface area contributed by atoms with Gasteiger partial charge in [-0.2, -0.15) is 0 Å². The molecule has 3 aliphatic heterocycles. The average Bonchev–Trinajstić information content (AvgIpc) is 3.18. The van der Waals surface area contributed by atoms with Crippen LogP contribution in [0.15, 0.2) is 48.6 Å². The number of fused-ring (bicyclic) bond motifs is 1. The first-order valence-corrected chi connectivity index (χ1v) is 8.18. The van der Waals surface area contributed by atoms with E-state index in [0.717, 1.165) is 5.57 Å². The lowest BCUT2D eigenvalue weighted by molar-refractivity contribution is -0.146. The number of halogens is 1. The molecule has 2 saturated heterocycles. The molecule has 2 bridgehead atoms. The number of carboxylic acid groups (broad SMARTS) is 1. The number of hydrogen-bond acceptors (Lipinski definition) is 3. The number of nitrogens with zero attached hydrogens (tertiary/aromatic N) is 1. The molecule has 1 aromatic carbocycles. The largest absolute Gasteiger partial charge is 0.481 e. The molecule has 4 rings (SSSR count). The molecule has 5 atom stereocenters. The minimum absolute atomic E-state index is 0.294. The predicted octanol–water partition coefficient (Wildman–Crippen LogP) is 2.53. The van der Waals surface area contributed by atoms with Gasteiger partial charge < -0.3 is 14.7 Å². The van der Waals surface area contributed by atoms with Crippen molar-refractivity contribution in [3.63, 3.8) is 0 Å². The molecule has 1 aromatic rings. The van der Waals surface area contributed by atoms with Gasteiger partial charge in [-0.25, -0.2) is 4.39 Å². The van der Waals surface area contributed by atoms with Gasteiger partial charge in [0.1, 0.15) is 17.3 Å². The van der Waals surface area contributed by atoms with Crippen LogP contribution in [0, 0.1) is 17.7 Å². The fourth-order valence-corrected chi connectivity index (χ4v) is 4.42. The van der Waals surface area contributed by atoms with Crippen molar-refractivity contribution in [2.75, 3.05) is 4.90 Å². The summed E-state index contributed by atoms with van der Waals surface area (Å²) in [6.45, 7) is 5.80. The van der Waals surface area contributed by atoms with Gasteiger partial charge >= 0.3 is 5.97 Å². The minimum atomic E-state index is -1.04. The quantitative estimate of drug-likeness (QED) is 0.853. The Morgan fingerprint density at radius 2 is 2.08 bits per heavy atom.